The van der Waals surface area contributed by atoms with Gasteiger partial charge in [-0.1, -0.05) is 55.5 Å². The molecule has 3 nitrogen and oxygen atoms in total. The Labute approximate surface area is 125 Å². The summed E-state index contributed by atoms with van der Waals surface area (Å²) in [6.45, 7) is 2.92. The van der Waals surface area contributed by atoms with Crippen molar-refractivity contribution in [2.24, 2.45) is 11.0 Å². The molecule has 21 heavy (non-hydrogen) atoms. The molecular weight excluding hydrogens is 260 g/mol. The molecule has 0 bridgehead atoms. The van der Waals surface area contributed by atoms with E-state index in [2.05, 4.69) is 41.7 Å². The topological polar surface area (TPSA) is 33.6 Å². The van der Waals surface area contributed by atoms with E-state index in [4.69, 9.17) is 4.74 Å². The van der Waals surface area contributed by atoms with E-state index in [1.54, 1.807) is 0 Å². The molecule has 1 heterocycles. The maximum Gasteiger partial charge on any atom is 0.119 e. The van der Waals surface area contributed by atoms with Gasteiger partial charge in [-0.05, 0) is 17.7 Å². The average Bonchev–Trinajstić information content (AvgIpc) is 2.90. The highest BCUT2D eigenvalue weighted by atomic mass is 16.5. The van der Waals surface area contributed by atoms with Crippen molar-refractivity contribution in [1.29, 1.82) is 0 Å². The monoisotopic (exact) mass is 280 g/mol. The Balaban J connectivity index is 1.53. The normalized spacial score (nSPS) is 20.7. The summed E-state index contributed by atoms with van der Waals surface area (Å²) in [4.78, 5) is 0. The van der Waals surface area contributed by atoms with Crippen LogP contribution < -0.4 is 10.2 Å². The van der Waals surface area contributed by atoms with E-state index in [1.165, 1.54) is 5.56 Å². The lowest BCUT2D eigenvalue weighted by Crippen LogP contribution is -2.29. The van der Waals surface area contributed by atoms with Crippen LogP contribution in [0.25, 0.3) is 0 Å². The van der Waals surface area contributed by atoms with Gasteiger partial charge >= 0.3 is 0 Å². The van der Waals surface area contributed by atoms with E-state index in [1.807, 2.05) is 36.4 Å². The molecule has 108 valence electrons. The molecule has 2 aromatic carbocycles. The van der Waals surface area contributed by atoms with Crippen LogP contribution in [0, 0.1) is 5.92 Å². The number of ether oxygens (including phenoxy) is 1. The quantitative estimate of drug-likeness (QED) is 0.910. The molecule has 0 spiro atoms. The third-order valence-electron chi connectivity index (χ3n) is 3.90. The fraction of sp³-hybridized carbons (Fsp3) is 0.278. The van der Waals surface area contributed by atoms with Crippen molar-refractivity contribution in [3.63, 3.8) is 0 Å². The Morgan fingerprint density at radius 1 is 1.00 bits per heavy atom. The first-order chi connectivity index (χ1) is 10.3. The molecule has 0 radical (unpaired) electrons. The van der Waals surface area contributed by atoms with Crippen LogP contribution in [0.15, 0.2) is 65.8 Å². The zero-order valence-corrected chi connectivity index (χ0v) is 12.2. The van der Waals surface area contributed by atoms with E-state index >= 15 is 0 Å². The second kappa shape index (κ2) is 6.44. The highest BCUT2D eigenvalue weighted by Gasteiger charge is 2.28. The summed E-state index contributed by atoms with van der Waals surface area (Å²) in [5.74, 6) is 1.32. The van der Waals surface area contributed by atoms with Crippen molar-refractivity contribution < 1.29 is 4.74 Å². The molecule has 2 unspecified atom stereocenters. The van der Waals surface area contributed by atoms with Gasteiger partial charge in [0.05, 0.1) is 18.4 Å². The van der Waals surface area contributed by atoms with E-state index in [0.717, 1.165) is 17.9 Å². The van der Waals surface area contributed by atoms with Crippen LogP contribution in [0.4, 0.5) is 0 Å². The van der Waals surface area contributed by atoms with Gasteiger partial charge in [0.2, 0.25) is 0 Å². The van der Waals surface area contributed by atoms with Crippen molar-refractivity contribution in [2.75, 3.05) is 6.61 Å². The number of hydrogen-bond acceptors (Lipinski definition) is 3. The van der Waals surface area contributed by atoms with Crippen LogP contribution in [-0.2, 0) is 0 Å². The molecule has 1 aliphatic heterocycles. The Bertz CT molecular complexity index is 595. The molecule has 0 aliphatic carbocycles. The van der Waals surface area contributed by atoms with Crippen molar-refractivity contribution in [1.82, 2.24) is 5.43 Å². The maximum absolute atomic E-state index is 5.77. The molecule has 0 amide bonds. The number of nitrogens with zero attached hydrogens (tertiary/aromatic N) is 1. The van der Waals surface area contributed by atoms with Gasteiger partial charge in [0.25, 0.3) is 0 Å². The first-order valence-corrected chi connectivity index (χ1v) is 7.41. The lowest BCUT2D eigenvalue weighted by atomic mass is 9.92. The van der Waals surface area contributed by atoms with E-state index in [0.29, 0.717) is 18.6 Å². The van der Waals surface area contributed by atoms with Crippen LogP contribution in [-0.4, -0.2) is 18.4 Å². The summed E-state index contributed by atoms with van der Waals surface area (Å²) in [5, 5.41) is 4.51. The van der Waals surface area contributed by atoms with Gasteiger partial charge in [0.15, 0.2) is 0 Å². The van der Waals surface area contributed by atoms with Crippen LogP contribution in [0.5, 0.6) is 5.75 Å². The molecule has 2 aromatic rings. The highest BCUT2D eigenvalue weighted by Crippen LogP contribution is 2.21. The first-order valence-electron chi connectivity index (χ1n) is 7.41. The molecule has 3 heteroatoms. The van der Waals surface area contributed by atoms with Crippen molar-refractivity contribution in [3.8, 4) is 5.75 Å². The molecule has 0 saturated heterocycles. The molecule has 3 rings (SSSR count). The number of hydrazone groups is 1. The van der Waals surface area contributed by atoms with Gasteiger partial charge < -0.3 is 10.2 Å². The van der Waals surface area contributed by atoms with Gasteiger partial charge in [-0.15, -0.1) is 0 Å². The minimum Gasteiger partial charge on any atom is -0.494 e. The fourth-order valence-corrected chi connectivity index (χ4v) is 2.63. The average molecular weight is 280 g/mol. The molecule has 1 aliphatic rings. The molecular formula is C18H20N2O. The Morgan fingerprint density at radius 3 is 2.38 bits per heavy atom. The van der Waals surface area contributed by atoms with E-state index in [9.17, 15) is 0 Å². The molecule has 0 saturated carbocycles. The SMILES string of the molecule is CC1C(c2ccccc2)=NNC1CCOc1ccccc1. The minimum atomic E-state index is 0.337. The second-order valence-electron chi connectivity index (χ2n) is 5.34. The third kappa shape index (κ3) is 3.24. The Hall–Kier alpha value is -2.29. The predicted molar refractivity (Wildman–Crippen MR) is 85.6 cm³/mol. The first kappa shape index (κ1) is 13.7. The van der Waals surface area contributed by atoms with Gasteiger partial charge in [0, 0.05) is 12.3 Å². The number of para-hydroxylation sites is 1. The Kier molecular flexibility index (Phi) is 4.20. The van der Waals surface area contributed by atoms with Crippen LogP contribution in [0.1, 0.15) is 18.9 Å². The standard InChI is InChI=1S/C18H20N2O/c1-14-17(12-13-21-16-10-6-3-7-11-16)19-20-18(14)15-8-4-2-5-9-15/h2-11,14,17,19H,12-13H2,1H3. The molecule has 2 atom stereocenters. The lowest BCUT2D eigenvalue weighted by Gasteiger charge is -2.17. The van der Waals surface area contributed by atoms with Crippen molar-refractivity contribution in [3.05, 3.63) is 66.2 Å². The van der Waals surface area contributed by atoms with Gasteiger partial charge in [-0.25, -0.2) is 0 Å². The van der Waals surface area contributed by atoms with Crippen molar-refractivity contribution >= 4 is 5.71 Å². The minimum absolute atomic E-state index is 0.337. The molecule has 0 aromatic heterocycles. The summed E-state index contributed by atoms with van der Waals surface area (Å²) in [5.41, 5.74) is 5.59. The third-order valence-corrected chi connectivity index (χ3v) is 3.90. The van der Waals surface area contributed by atoms with E-state index < -0.39 is 0 Å². The Morgan fingerprint density at radius 2 is 1.67 bits per heavy atom. The largest absolute Gasteiger partial charge is 0.494 e. The number of benzene rings is 2. The number of hydrogen-bond donors (Lipinski definition) is 1. The van der Waals surface area contributed by atoms with Crippen LogP contribution in [0.3, 0.4) is 0 Å². The predicted octanol–water partition coefficient (Wildman–Crippen LogP) is 3.47. The molecule has 1 N–H and O–H groups in total. The van der Waals surface area contributed by atoms with Gasteiger partial charge in [-0.3, -0.25) is 0 Å². The summed E-state index contributed by atoms with van der Waals surface area (Å²) < 4.78 is 5.77. The fourth-order valence-electron chi connectivity index (χ4n) is 2.63. The summed E-state index contributed by atoms with van der Waals surface area (Å²) in [6.07, 6.45) is 0.940. The van der Waals surface area contributed by atoms with Gasteiger partial charge in [0.1, 0.15) is 5.75 Å². The second-order valence-corrected chi connectivity index (χ2v) is 5.34. The zero-order valence-electron chi connectivity index (χ0n) is 12.2. The maximum atomic E-state index is 5.77. The van der Waals surface area contributed by atoms with Gasteiger partial charge in [-0.2, -0.15) is 5.10 Å². The van der Waals surface area contributed by atoms with E-state index in [-0.39, 0.29) is 0 Å². The summed E-state index contributed by atoms with van der Waals surface area (Å²) in [6, 6.07) is 20.6. The van der Waals surface area contributed by atoms with Crippen LogP contribution in [0.2, 0.25) is 0 Å². The molecule has 0 fully saturated rings. The zero-order chi connectivity index (χ0) is 14.5. The number of rotatable bonds is 5. The highest BCUT2D eigenvalue weighted by molar-refractivity contribution is 6.03. The lowest BCUT2D eigenvalue weighted by molar-refractivity contribution is 0.281. The summed E-state index contributed by atoms with van der Waals surface area (Å²) >= 11 is 0. The smallest absolute Gasteiger partial charge is 0.119 e. The summed E-state index contributed by atoms with van der Waals surface area (Å²) in [7, 11) is 0. The van der Waals surface area contributed by atoms with Crippen molar-refractivity contribution in [2.45, 2.75) is 19.4 Å². The van der Waals surface area contributed by atoms with Crippen LogP contribution >= 0.6 is 0 Å². The number of nitrogens with one attached hydrogen (secondary N) is 1.